The first-order valence-electron chi connectivity index (χ1n) is 6.22. The summed E-state index contributed by atoms with van der Waals surface area (Å²) in [6.07, 6.45) is 2.49. The number of nitrogens with one attached hydrogen (secondary N) is 1. The Morgan fingerprint density at radius 1 is 1.33 bits per heavy atom. The minimum atomic E-state index is -3.41. The number of hydrogen-bond acceptors (Lipinski definition) is 3. The van der Waals surface area contributed by atoms with E-state index >= 15 is 0 Å². The number of sulfonamides is 1. The van der Waals surface area contributed by atoms with Gasteiger partial charge in [0.15, 0.2) is 0 Å². The highest BCUT2D eigenvalue weighted by molar-refractivity contribution is 7.89. The van der Waals surface area contributed by atoms with Crippen LogP contribution in [0.2, 0.25) is 0 Å². The lowest BCUT2D eigenvalue weighted by Gasteiger charge is -2.09. The minimum Gasteiger partial charge on any atom is -0.380 e. The molecule has 1 aliphatic carbocycles. The van der Waals surface area contributed by atoms with E-state index < -0.39 is 10.0 Å². The van der Waals surface area contributed by atoms with Gasteiger partial charge in [-0.25, -0.2) is 13.1 Å². The van der Waals surface area contributed by atoms with Crippen molar-refractivity contribution in [3.05, 3.63) is 29.8 Å². The quantitative estimate of drug-likeness (QED) is 0.767. The number of rotatable bonds is 7. The molecule has 2 rings (SSSR count). The Morgan fingerprint density at radius 2 is 2.06 bits per heavy atom. The number of ether oxygens (including phenoxy) is 1. The second kappa shape index (κ2) is 5.82. The van der Waals surface area contributed by atoms with Gasteiger partial charge in [-0.3, -0.25) is 0 Å². The van der Waals surface area contributed by atoms with Crippen molar-refractivity contribution in [2.45, 2.75) is 24.7 Å². The lowest BCUT2D eigenvalue weighted by atomic mass is 10.2. The van der Waals surface area contributed by atoms with Crippen LogP contribution >= 0.6 is 0 Å². The van der Waals surface area contributed by atoms with Gasteiger partial charge in [0.05, 0.1) is 11.5 Å². The van der Waals surface area contributed by atoms with Crippen LogP contribution in [-0.2, 0) is 14.8 Å². The second-order valence-corrected chi connectivity index (χ2v) is 6.42. The van der Waals surface area contributed by atoms with Crippen LogP contribution in [0.25, 0.3) is 0 Å². The molecule has 1 N–H and O–H groups in total. The molecular weight excluding hydrogens is 250 g/mol. The first kappa shape index (κ1) is 13.5. The van der Waals surface area contributed by atoms with Crippen LogP contribution in [-0.4, -0.2) is 28.2 Å². The van der Waals surface area contributed by atoms with Gasteiger partial charge in [-0.15, -0.1) is 0 Å². The van der Waals surface area contributed by atoms with Crippen LogP contribution in [0.15, 0.2) is 29.2 Å². The van der Waals surface area contributed by atoms with Crippen molar-refractivity contribution in [1.29, 1.82) is 0 Å². The van der Waals surface area contributed by atoms with Crippen molar-refractivity contribution in [2.24, 2.45) is 5.92 Å². The molecule has 0 heterocycles. The van der Waals surface area contributed by atoms with Gasteiger partial charge in [0.25, 0.3) is 0 Å². The van der Waals surface area contributed by atoms with E-state index in [1.165, 1.54) is 12.8 Å². The Hall–Kier alpha value is -0.910. The van der Waals surface area contributed by atoms with Crippen molar-refractivity contribution in [3.8, 4) is 0 Å². The van der Waals surface area contributed by atoms with Crippen LogP contribution in [0.3, 0.4) is 0 Å². The average Bonchev–Trinajstić information content (AvgIpc) is 3.13. The summed E-state index contributed by atoms with van der Waals surface area (Å²) >= 11 is 0. The summed E-state index contributed by atoms with van der Waals surface area (Å²) in [5, 5.41) is 0. The van der Waals surface area contributed by atoms with Gasteiger partial charge in [0.1, 0.15) is 0 Å². The molecule has 0 radical (unpaired) electrons. The number of aryl methyl sites for hydroxylation is 1. The topological polar surface area (TPSA) is 55.4 Å². The SMILES string of the molecule is Cc1ccccc1S(=O)(=O)NCCOCC1CC1. The highest BCUT2D eigenvalue weighted by atomic mass is 32.2. The smallest absolute Gasteiger partial charge is 0.240 e. The van der Waals surface area contributed by atoms with Gasteiger partial charge in [0, 0.05) is 13.2 Å². The molecule has 0 aliphatic heterocycles. The van der Waals surface area contributed by atoms with Crippen LogP contribution in [0.5, 0.6) is 0 Å². The first-order chi connectivity index (χ1) is 8.59. The summed E-state index contributed by atoms with van der Waals surface area (Å²) in [7, 11) is -3.41. The molecule has 1 aliphatic rings. The maximum atomic E-state index is 12.0. The summed E-state index contributed by atoms with van der Waals surface area (Å²) in [5.74, 6) is 0.706. The number of hydrogen-bond donors (Lipinski definition) is 1. The third kappa shape index (κ3) is 3.80. The first-order valence-corrected chi connectivity index (χ1v) is 7.71. The molecule has 0 saturated heterocycles. The molecule has 100 valence electrons. The maximum Gasteiger partial charge on any atom is 0.240 e. The van der Waals surface area contributed by atoms with Gasteiger partial charge in [0.2, 0.25) is 10.0 Å². The molecule has 18 heavy (non-hydrogen) atoms. The Morgan fingerprint density at radius 3 is 2.72 bits per heavy atom. The van der Waals surface area contributed by atoms with Crippen molar-refractivity contribution >= 4 is 10.0 Å². The predicted octanol–water partition coefficient (Wildman–Crippen LogP) is 1.70. The molecule has 0 spiro atoms. The lowest BCUT2D eigenvalue weighted by molar-refractivity contribution is 0.129. The van der Waals surface area contributed by atoms with Crippen molar-refractivity contribution in [3.63, 3.8) is 0 Å². The van der Waals surface area contributed by atoms with E-state index in [9.17, 15) is 8.42 Å². The van der Waals surface area contributed by atoms with E-state index in [1.807, 2.05) is 6.07 Å². The van der Waals surface area contributed by atoms with E-state index in [0.717, 1.165) is 12.2 Å². The Labute approximate surface area is 108 Å². The molecule has 1 aromatic rings. The van der Waals surface area contributed by atoms with E-state index in [4.69, 9.17) is 4.74 Å². The summed E-state index contributed by atoms with van der Waals surface area (Å²) < 4.78 is 31.9. The summed E-state index contributed by atoms with van der Waals surface area (Å²) in [4.78, 5) is 0.340. The zero-order chi connectivity index (χ0) is 13.0. The van der Waals surface area contributed by atoms with E-state index in [1.54, 1.807) is 25.1 Å². The third-order valence-corrected chi connectivity index (χ3v) is 4.59. The maximum absolute atomic E-state index is 12.0. The normalized spacial score (nSPS) is 15.8. The van der Waals surface area contributed by atoms with Gasteiger partial charge >= 0.3 is 0 Å². The monoisotopic (exact) mass is 269 g/mol. The summed E-state index contributed by atoms with van der Waals surface area (Å²) in [5.41, 5.74) is 0.754. The molecule has 1 saturated carbocycles. The zero-order valence-electron chi connectivity index (χ0n) is 10.6. The molecule has 1 fully saturated rings. The van der Waals surface area contributed by atoms with Crippen LogP contribution in [0.1, 0.15) is 18.4 Å². The molecule has 0 unspecified atom stereocenters. The fraction of sp³-hybridized carbons (Fsp3) is 0.538. The fourth-order valence-electron chi connectivity index (χ4n) is 1.72. The number of benzene rings is 1. The molecule has 0 atom stereocenters. The summed E-state index contributed by atoms with van der Waals surface area (Å²) in [6.45, 7) is 3.30. The van der Waals surface area contributed by atoms with Crippen LogP contribution in [0.4, 0.5) is 0 Å². The lowest BCUT2D eigenvalue weighted by Crippen LogP contribution is -2.28. The fourth-order valence-corrected chi connectivity index (χ4v) is 2.98. The minimum absolute atomic E-state index is 0.323. The molecular formula is C13H19NO3S. The molecule has 0 aromatic heterocycles. The van der Waals surface area contributed by atoms with E-state index in [-0.39, 0.29) is 0 Å². The highest BCUT2D eigenvalue weighted by Gasteiger charge is 2.21. The van der Waals surface area contributed by atoms with Crippen molar-refractivity contribution in [1.82, 2.24) is 4.72 Å². The molecule has 0 amide bonds. The van der Waals surface area contributed by atoms with Gasteiger partial charge in [-0.1, -0.05) is 18.2 Å². The Kier molecular flexibility index (Phi) is 4.37. The molecule has 4 nitrogen and oxygen atoms in total. The zero-order valence-corrected chi connectivity index (χ0v) is 11.4. The van der Waals surface area contributed by atoms with E-state index in [2.05, 4.69) is 4.72 Å². The van der Waals surface area contributed by atoms with E-state index in [0.29, 0.717) is 24.0 Å². The molecule has 5 heteroatoms. The summed E-state index contributed by atoms with van der Waals surface area (Å²) in [6, 6.07) is 6.96. The second-order valence-electron chi connectivity index (χ2n) is 4.68. The molecule has 1 aromatic carbocycles. The van der Waals surface area contributed by atoms with Gasteiger partial charge < -0.3 is 4.74 Å². The molecule has 0 bridgehead atoms. The average molecular weight is 269 g/mol. The third-order valence-electron chi connectivity index (χ3n) is 2.97. The Bertz CT molecular complexity index is 495. The predicted molar refractivity (Wildman–Crippen MR) is 69.9 cm³/mol. The van der Waals surface area contributed by atoms with Crippen LogP contribution in [0, 0.1) is 12.8 Å². The van der Waals surface area contributed by atoms with Gasteiger partial charge in [-0.05, 0) is 37.3 Å². The van der Waals surface area contributed by atoms with Crippen LogP contribution < -0.4 is 4.72 Å². The van der Waals surface area contributed by atoms with Gasteiger partial charge in [-0.2, -0.15) is 0 Å². The van der Waals surface area contributed by atoms with Crippen molar-refractivity contribution in [2.75, 3.05) is 19.8 Å². The Balaban J connectivity index is 1.81. The van der Waals surface area contributed by atoms with Crippen molar-refractivity contribution < 1.29 is 13.2 Å². The highest BCUT2D eigenvalue weighted by Crippen LogP contribution is 2.28. The standard InChI is InChI=1S/C13H19NO3S/c1-11-4-2-3-5-13(11)18(15,16)14-8-9-17-10-12-6-7-12/h2-5,12,14H,6-10H2,1H3. The largest absolute Gasteiger partial charge is 0.380 e.